The Morgan fingerprint density at radius 2 is 1.73 bits per heavy atom. The Labute approximate surface area is 131 Å². The summed E-state index contributed by atoms with van der Waals surface area (Å²) in [6, 6.07) is 11.2. The predicted molar refractivity (Wildman–Crippen MR) is 88.8 cm³/mol. The van der Waals surface area contributed by atoms with E-state index < -0.39 is 12.1 Å². The van der Waals surface area contributed by atoms with Crippen LogP contribution in [0.3, 0.4) is 0 Å². The topological polar surface area (TPSA) is 46.5 Å². The molecule has 0 saturated carbocycles. The van der Waals surface area contributed by atoms with Crippen LogP contribution in [0.4, 0.5) is 0 Å². The average molecular weight is 298 g/mol. The van der Waals surface area contributed by atoms with Gasteiger partial charge in [-0.05, 0) is 46.9 Å². The van der Waals surface area contributed by atoms with E-state index in [-0.39, 0.29) is 5.41 Å². The van der Waals surface area contributed by atoms with Gasteiger partial charge >= 0.3 is 5.97 Å². The number of hydrogen-bond acceptors (Lipinski definition) is 3. The lowest BCUT2D eigenvalue weighted by Crippen LogP contribution is -2.17. The number of rotatable bonds is 3. The van der Waals surface area contributed by atoms with E-state index in [0.717, 1.165) is 16.3 Å². The van der Waals surface area contributed by atoms with Crippen molar-refractivity contribution in [1.29, 1.82) is 0 Å². The predicted octanol–water partition coefficient (Wildman–Crippen LogP) is 4.40. The minimum absolute atomic E-state index is 0.218. The lowest BCUT2D eigenvalue weighted by Gasteiger charge is -2.26. The molecule has 3 nitrogen and oxygen atoms in total. The zero-order valence-corrected chi connectivity index (χ0v) is 13.5. The van der Waals surface area contributed by atoms with Gasteiger partial charge in [0.15, 0.2) is 0 Å². The molecule has 22 heavy (non-hydrogen) atoms. The van der Waals surface area contributed by atoms with Gasteiger partial charge in [0.2, 0.25) is 0 Å². The maximum absolute atomic E-state index is 11.5. The van der Waals surface area contributed by atoms with Crippen molar-refractivity contribution >= 4 is 16.7 Å². The molecule has 0 aliphatic rings. The van der Waals surface area contributed by atoms with Gasteiger partial charge in [0.1, 0.15) is 5.75 Å². The van der Waals surface area contributed by atoms with Crippen molar-refractivity contribution < 1.29 is 14.6 Å². The quantitative estimate of drug-likeness (QED) is 0.519. The van der Waals surface area contributed by atoms with E-state index in [2.05, 4.69) is 6.58 Å². The summed E-state index contributed by atoms with van der Waals surface area (Å²) in [6.45, 7) is 11.2. The smallest absolute Gasteiger partial charge is 0.338 e. The molecule has 1 unspecified atom stereocenters. The van der Waals surface area contributed by atoms with Crippen LogP contribution in [0.5, 0.6) is 5.75 Å². The molecule has 2 rings (SSSR count). The van der Waals surface area contributed by atoms with Gasteiger partial charge in [-0.25, -0.2) is 4.79 Å². The van der Waals surface area contributed by atoms with Gasteiger partial charge in [-0.1, -0.05) is 45.5 Å². The highest BCUT2D eigenvalue weighted by molar-refractivity contribution is 5.90. The molecule has 0 fully saturated rings. The molecule has 116 valence electrons. The summed E-state index contributed by atoms with van der Waals surface area (Å²) in [6.07, 6.45) is -0.530. The summed E-state index contributed by atoms with van der Waals surface area (Å²) < 4.78 is 5.23. The Balaban J connectivity index is 2.33. The highest BCUT2D eigenvalue weighted by Crippen LogP contribution is 2.34. The number of hydrogen-bond donors (Lipinski definition) is 1. The van der Waals surface area contributed by atoms with Crippen molar-refractivity contribution in [3.8, 4) is 5.75 Å². The van der Waals surface area contributed by atoms with E-state index in [1.807, 2.05) is 51.1 Å². The van der Waals surface area contributed by atoms with E-state index in [1.54, 1.807) is 13.0 Å². The van der Waals surface area contributed by atoms with E-state index in [1.165, 1.54) is 0 Å². The average Bonchev–Trinajstić information content (AvgIpc) is 2.44. The fourth-order valence-electron chi connectivity index (χ4n) is 2.17. The molecule has 1 atom stereocenters. The normalized spacial score (nSPS) is 13.0. The van der Waals surface area contributed by atoms with Crippen molar-refractivity contribution in [3.63, 3.8) is 0 Å². The van der Waals surface area contributed by atoms with Crippen LogP contribution in [0.1, 0.15) is 39.4 Å². The van der Waals surface area contributed by atoms with Crippen molar-refractivity contribution in [2.45, 2.75) is 33.8 Å². The summed E-state index contributed by atoms with van der Waals surface area (Å²) >= 11 is 0. The molecule has 0 aliphatic heterocycles. The second-order valence-electron chi connectivity index (χ2n) is 6.71. The van der Waals surface area contributed by atoms with Gasteiger partial charge in [-0.3, -0.25) is 0 Å². The zero-order valence-electron chi connectivity index (χ0n) is 13.5. The molecule has 0 saturated heterocycles. The fraction of sp³-hybridized carbons (Fsp3) is 0.316. The van der Waals surface area contributed by atoms with Crippen LogP contribution in [-0.2, 0) is 4.79 Å². The van der Waals surface area contributed by atoms with Crippen LogP contribution in [0.2, 0.25) is 0 Å². The molecular formula is C19H22O3. The number of benzene rings is 2. The molecular weight excluding hydrogens is 276 g/mol. The number of carbonyl (C=O) groups excluding carboxylic acids is 1. The molecule has 1 N–H and O–H groups in total. The number of esters is 1. The van der Waals surface area contributed by atoms with E-state index in [0.29, 0.717) is 11.3 Å². The molecule has 0 radical (unpaired) electrons. The molecule has 2 aromatic carbocycles. The van der Waals surface area contributed by atoms with Crippen molar-refractivity contribution in [2.75, 3.05) is 0 Å². The molecule has 0 spiro atoms. The highest BCUT2D eigenvalue weighted by atomic mass is 16.5. The minimum atomic E-state index is -0.530. The summed E-state index contributed by atoms with van der Waals surface area (Å²) in [4.78, 5) is 11.5. The summed E-state index contributed by atoms with van der Waals surface area (Å²) in [5, 5.41) is 12.3. The molecule has 0 bridgehead atoms. The van der Waals surface area contributed by atoms with Gasteiger partial charge in [0, 0.05) is 5.57 Å². The summed E-state index contributed by atoms with van der Waals surface area (Å²) in [5.74, 6) is 0.0590. The van der Waals surface area contributed by atoms with Gasteiger partial charge in [-0.2, -0.15) is 0 Å². The highest BCUT2D eigenvalue weighted by Gasteiger charge is 2.23. The lowest BCUT2D eigenvalue weighted by molar-refractivity contribution is -0.130. The molecule has 0 heterocycles. The molecule has 3 heteroatoms. The van der Waals surface area contributed by atoms with Crippen LogP contribution in [0.15, 0.2) is 48.6 Å². The minimum Gasteiger partial charge on any atom is -0.423 e. The molecule has 2 aromatic rings. The zero-order chi connectivity index (χ0) is 16.5. The second-order valence-corrected chi connectivity index (χ2v) is 6.71. The lowest BCUT2D eigenvalue weighted by atomic mass is 9.84. The first-order valence-electron chi connectivity index (χ1n) is 7.28. The Kier molecular flexibility index (Phi) is 4.38. The summed E-state index contributed by atoms with van der Waals surface area (Å²) in [5.41, 5.74) is 1.03. The second kappa shape index (κ2) is 5.93. The third-order valence-electron chi connectivity index (χ3n) is 3.53. The fourth-order valence-corrected chi connectivity index (χ4v) is 2.17. The Bertz CT molecular complexity index is 723. The number of carbonyl (C=O) groups is 1. The maximum atomic E-state index is 11.5. The summed E-state index contributed by atoms with van der Waals surface area (Å²) in [7, 11) is 0. The SMILES string of the molecule is C=C(C)C(=O)Oc1ccc2cc(C(O)C(C)(C)C)ccc2c1. The molecule has 0 aliphatic carbocycles. The number of ether oxygens (including phenoxy) is 1. The maximum Gasteiger partial charge on any atom is 0.338 e. The van der Waals surface area contributed by atoms with Crippen LogP contribution in [0.25, 0.3) is 10.8 Å². The first-order valence-corrected chi connectivity index (χ1v) is 7.28. The monoisotopic (exact) mass is 298 g/mol. The van der Waals surface area contributed by atoms with Crippen LogP contribution < -0.4 is 4.74 Å². The van der Waals surface area contributed by atoms with E-state index in [9.17, 15) is 9.90 Å². The van der Waals surface area contributed by atoms with Crippen molar-refractivity contribution in [1.82, 2.24) is 0 Å². The van der Waals surface area contributed by atoms with Gasteiger partial charge in [0.25, 0.3) is 0 Å². The first-order chi connectivity index (χ1) is 10.2. The standard InChI is InChI=1S/C19H22O3/c1-12(2)18(21)22-16-9-8-13-10-15(7-6-14(13)11-16)17(20)19(3,4)5/h6-11,17,20H,1H2,2-5H3. The third-order valence-corrected chi connectivity index (χ3v) is 3.53. The Hall–Kier alpha value is -2.13. The van der Waals surface area contributed by atoms with E-state index >= 15 is 0 Å². The number of aliphatic hydroxyl groups is 1. The number of fused-ring (bicyclic) bond motifs is 1. The van der Waals surface area contributed by atoms with Gasteiger partial charge < -0.3 is 9.84 Å². The van der Waals surface area contributed by atoms with Crippen LogP contribution >= 0.6 is 0 Å². The van der Waals surface area contributed by atoms with Crippen LogP contribution in [0, 0.1) is 5.41 Å². The first kappa shape index (κ1) is 16.2. The van der Waals surface area contributed by atoms with Crippen molar-refractivity contribution in [2.24, 2.45) is 5.41 Å². The third kappa shape index (κ3) is 3.55. The van der Waals surface area contributed by atoms with Gasteiger partial charge in [0.05, 0.1) is 6.10 Å². The van der Waals surface area contributed by atoms with Gasteiger partial charge in [-0.15, -0.1) is 0 Å². The molecule has 0 amide bonds. The Morgan fingerprint density at radius 3 is 2.32 bits per heavy atom. The number of aliphatic hydroxyl groups excluding tert-OH is 1. The molecule has 0 aromatic heterocycles. The van der Waals surface area contributed by atoms with Crippen molar-refractivity contribution in [3.05, 3.63) is 54.1 Å². The van der Waals surface area contributed by atoms with E-state index in [4.69, 9.17) is 4.74 Å². The Morgan fingerprint density at radius 1 is 1.14 bits per heavy atom. The largest absolute Gasteiger partial charge is 0.423 e. The van der Waals surface area contributed by atoms with Crippen LogP contribution in [-0.4, -0.2) is 11.1 Å².